The summed E-state index contributed by atoms with van der Waals surface area (Å²) in [5.41, 5.74) is 5.00. The second-order valence-electron chi connectivity index (χ2n) is 6.11. The molecule has 0 aliphatic carbocycles. The fourth-order valence-corrected chi connectivity index (χ4v) is 2.84. The lowest BCUT2D eigenvalue weighted by atomic mass is 10.0. The third kappa shape index (κ3) is 4.14. The molecule has 4 rings (SSSR count). The van der Waals surface area contributed by atoms with E-state index in [2.05, 4.69) is 19.9 Å². The van der Waals surface area contributed by atoms with Crippen LogP contribution in [0.5, 0.6) is 0 Å². The molecule has 0 amide bonds. The molecule has 0 fully saturated rings. The first kappa shape index (κ1) is 18.4. The minimum Gasteiger partial charge on any atom is -0.462 e. The molecule has 0 aliphatic rings. The number of aromatic nitrogens is 5. The minimum absolute atomic E-state index is 0.339. The van der Waals surface area contributed by atoms with Crippen LogP contribution in [0.4, 0.5) is 0 Å². The Labute approximate surface area is 167 Å². The molecule has 0 atom stereocenters. The Hall–Kier alpha value is -4.00. The molecule has 0 saturated carbocycles. The molecule has 0 radical (unpaired) electrons. The number of esters is 1. The predicted molar refractivity (Wildman–Crippen MR) is 108 cm³/mol. The van der Waals surface area contributed by atoms with E-state index in [1.54, 1.807) is 56.2 Å². The molecule has 0 bridgehead atoms. The molecule has 3 heterocycles. The summed E-state index contributed by atoms with van der Waals surface area (Å²) in [6.45, 7) is 2.12. The van der Waals surface area contributed by atoms with E-state index >= 15 is 0 Å². The van der Waals surface area contributed by atoms with Crippen molar-refractivity contribution in [3.05, 3.63) is 79.1 Å². The topological polar surface area (TPSA) is 90.8 Å². The summed E-state index contributed by atoms with van der Waals surface area (Å²) in [5, 5.41) is 0. The van der Waals surface area contributed by atoms with E-state index in [1.165, 1.54) is 0 Å². The molecule has 3 aromatic heterocycles. The van der Waals surface area contributed by atoms with Crippen LogP contribution >= 0.6 is 0 Å². The lowest BCUT2D eigenvalue weighted by Crippen LogP contribution is -2.04. The number of pyridine rings is 1. The van der Waals surface area contributed by atoms with E-state index in [0.717, 1.165) is 11.1 Å². The Morgan fingerprint density at radius 2 is 1.38 bits per heavy atom. The van der Waals surface area contributed by atoms with E-state index < -0.39 is 0 Å². The molecular weight excluding hydrogens is 366 g/mol. The van der Waals surface area contributed by atoms with Gasteiger partial charge in [0.15, 0.2) is 0 Å². The fraction of sp³-hybridized carbons (Fsp3) is 0.0909. The Bertz CT molecular complexity index is 1060. The van der Waals surface area contributed by atoms with Gasteiger partial charge in [0.1, 0.15) is 11.4 Å². The number of rotatable bonds is 5. The second-order valence-corrected chi connectivity index (χ2v) is 6.11. The summed E-state index contributed by atoms with van der Waals surface area (Å²) in [6, 6.07) is 11.1. The summed E-state index contributed by atoms with van der Waals surface area (Å²) in [4.78, 5) is 33.6. The Balaban J connectivity index is 1.79. The van der Waals surface area contributed by atoms with E-state index in [0.29, 0.717) is 34.9 Å². The Morgan fingerprint density at radius 1 is 0.793 bits per heavy atom. The van der Waals surface area contributed by atoms with Gasteiger partial charge in [-0.15, -0.1) is 0 Å². The highest BCUT2D eigenvalue weighted by atomic mass is 16.5. The van der Waals surface area contributed by atoms with Gasteiger partial charge in [0.2, 0.25) is 0 Å². The Morgan fingerprint density at radius 3 is 1.86 bits per heavy atom. The van der Waals surface area contributed by atoms with Crippen molar-refractivity contribution >= 4 is 5.97 Å². The van der Waals surface area contributed by atoms with Crippen LogP contribution < -0.4 is 0 Å². The van der Waals surface area contributed by atoms with Gasteiger partial charge in [-0.05, 0) is 42.3 Å². The molecule has 0 unspecified atom stereocenters. The first-order chi connectivity index (χ1) is 14.2. The van der Waals surface area contributed by atoms with Gasteiger partial charge >= 0.3 is 5.97 Å². The van der Waals surface area contributed by atoms with Crippen molar-refractivity contribution in [2.24, 2.45) is 0 Å². The Kier molecular flexibility index (Phi) is 5.29. The van der Waals surface area contributed by atoms with E-state index in [-0.39, 0.29) is 5.97 Å². The normalized spacial score (nSPS) is 10.5. The highest BCUT2D eigenvalue weighted by molar-refractivity contribution is 5.90. The molecule has 7 heteroatoms. The molecule has 1 aromatic carbocycles. The van der Waals surface area contributed by atoms with Crippen LogP contribution in [0, 0.1) is 0 Å². The van der Waals surface area contributed by atoms with Crippen LogP contribution in [0.15, 0.2) is 73.6 Å². The number of benzene rings is 1. The summed E-state index contributed by atoms with van der Waals surface area (Å²) in [6.07, 6.45) is 9.81. The van der Waals surface area contributed by atoms with E-state index in [4.69, 9.17) is 9.72 Å². The standard InChI is InChI=1S/C22H17N5O2/c1-2-29-22(28)16-5-3-15(4-6-16)17-11-18(20-13-23-7-9-25-20)27-19(12-17)21-14-24-8-10-26-21/h3-14H,2H2,1H3. The SMILES string of the molecule is CCOC(=O)c1ccc(-c2cc(-c3cnccn3)nc(-c3cnccn3)c2)cc1. The molecule has 0 saturated heterocycles. The number of ether oxygens (including phenoxy) is 1. The van der Waals surface area contributed by atoms with Crippen molar-refractivity contribution in [1.29, 1.82) is 0 Å². The third-order valence-corrected chi connectivity index (χ3v) is 4.21. The molecule has 0 aliphatic heterocycles. The second kappa shape index (κ2) is 8.35. The molecule has 142 valence electrons. The molecule has 0 spiro atoms. The highest BCUT2D eigenvalue weighted by Gasteiger charge is 2.12. The van der Waals surface area contributed by atoms with Crippen molar-refractivity contribution in [2.45, 2.75) is 6.92 Å². The zero-order valence-corrected chi connectivity index (χ0v) is 15.7. The van der Waals surface area contributed by atoms with Crippen LogP contribution in [0.3, 0.4) is 0 Å². The quantitative estimate of drug-likeness (QED) is 0.484. The molecule has 0 N–H and O–H groups in total. The minimum atomic E-state index is -0.339. The van der Waals surface area contributed by atoms with E-state index in [1.807, 2.05) is 24.3 Å². The number of hydrogen-bond donors (Lipinski definition) is 0. The number of hydrogen-bond acceptors (Lipinski definition) is 7. The van der Waals surface area contributed by atoms with Gasteiger partial charge in [-0.2, -0.15) is 0 Å². The first-order valence-electron chi connectivity index (χ1n) is 9.07. The largest absolute Gasteiger partial charge is 0.462 e. The van der Waals surface area contributed by atoms with Gasteiger partial charge in [-0.1, -0.05) is 12.1 Å². The average molecular weight is 383 g/mol. The molecule has 29 heavy (non-hydrogen) atoms. The van der Waals surface area contributed by atoms with Crippen molar-refractivity contribution in [3.63, 3.8) is 0 Å². The smallest absolute Gasteiger partial charge is 0.338 e. The maximum atomic E-state index is 11.9. The zero-order chi connectivity index (χ0) is 20.1. The number of carbonyl (C=O) groups excluding carboxylic acids is 1. The van der Waals surface area contributed by atoms with Crippen molar-refractivity contribution in [2.75, 3.05) is 6.61 Å². The highest BCUT2D eigenvalue weighted by Crippen LogP contribution is 2.28. The lowest BCUT2D eigenvalue weighted by molar-refractivity contribution is 0.0526. The maximum Gasteiger partial charge on any atom is 0.338 e. The lowest BCUT2D eigenvalue weighted by Gasteiger charge is -2.09. The van der Waals surface area contributed by atoms with Gasteiger partial charge in [0, 0.05) is 24.8 Å². The molecule has 4 aromatic rings. The number of nitrogens with zero attached hydrogens (tertiary/aromatic N) is 5. The van der Waals surface area contributed by atoms with Crippen LogP contribution in [-0.4, -0.2) is 37.5 Å². The van der Waals surface area contributed by atoms with Gasteiger partial charge in [-0.3, -0.25) is 19.9 Å². The maximum absolute atomic E-state index is 11.9. The van der Waals surface area contributed by atoms with Crippen LogP contribution in [-0.2, 0) is 4.74 Å². The van der Waals surface area contributed by atoms with Crippen molar-refractivity contribution in [3.8, 4) is 33.9 Å². The molecule has 7 nitrogen and oxygen atoms in total. The monoisotopic (exact) mass is 383 g/mol. The average Bonchev–Trinajstić information content (AvgIpc) is 2.80. The summed E-state index contributed by atoms with van der Waals surface area (Å²) in [5.74, 6) is -0.339. The van der Waals surface area contributed by atoms with Gasteiger partial charge in [-0.25, -0.2) is 9.78 Å². The third-order valence-electron chi connectivity index (χ3n) is 4.21. The summed E-state index contributed by atoms with van der Waals surface area (Å²) in [7, 11) is 0. The first-order valence-corrected chi connectivity index (χ1v) is 9.07. The number of carbonyl (C=O) groups is 1. The van der Waals surface area contributed by atoms with Gasteiger partial charge in [0.25, 0.3) is 0 Å². The fourth-order valence-electron chi connectivity index (χ4n) is 2.84. The van der Waals surface area contributed by atoms with Crippen LogP contribution in [0.25, 0.3) is 33.9 Å². The van der Waals surface area contributed by atoms with Crippen LogP contribution in [0.2, 0.25) is 0 Å². The molecular formula is C22H17N5O2. The predicted octanol–water partition coefficient (Wildman–Crippen LogP) is 3.84. The summed E-state index contributed by atoms with van der Waals surface area (Å²) >= 11 is 0. The van der Waals surface area contributed by atoms with Gasteiger partial charge < -0.3 is 4.74 Å². The van der Waals surface area contributed by atoms with Crippen LogP contribution in [0.1, 0.15) is 17.3 Å². The zero-order valence-electron chi connectivity index (χ0n) is 15.7. The summed E-state index contributed by atoms with van der Waals surface area (Å²) < 4.78 is 5.05. The van der Waals surface area contributed by atoms with Crippen molar-refractivity contribution in [1.82, 2.24) is 24.9 Å². The van der Waals surface area contributed by atoms with Crippen molar-refractivity contribution < 1.29 is 9.53 Å². The van der Waals surface area contributed by atoms with Gasteiger partial charge in [0.05, 0.1) is 36.0 Å². The van der Waals surface area contributed by atoms with E-state index in [9.17, 15) is 4.79 Å².